The third kappa shape index (κ3) is 3.52. The van der Waals surface area contributed by atoms with E-state index in [0.717, 1.165) is 43.7 Å². The third-order valence-electron chi connectivity index (χ3n) is 5.21. The molecule has 7 heteroatoms. The molecule has 2 aromatic carbocycles. The largest absolute Gasteiger partial charge is 0.490 e. The molecule has 1 fully saturated rings. The van der Waals surface area contributed by atoms with Crippen LogP contribution in [-0.2, 0) is 0 Å². The Hall–Kier alpha value is -2.73. The highest BCUT2D eigenvalue weighted by Crippen LogP contribution is 2.40. The van der Waals surface area contributed by atoms with E-state index in [0.29, 0.717) is 29.5 Å². The van der Waals surface area contributed by atoms with Gasteiger partial charge >= 0.3 is 5.97 Å². The topological polar surface area (TPSA) is 70.1 Å². The number of carboxylic acids is 1. The maximum atomic E-state index is 12.9. The molecular weight excluding hydrogens is 380 g/mol. The van der Waals surface area contributed by atoms with Gasteiger partial charge in [-0.15, -0.1) is 0 Å². The Morgan fingerprint density at radius 2 is 1.71 bits per heavy atom. The molecule has 1 amide bonds. The van der Waals surface area contributed by atoms with Gasteiger partial charge < -0.3 is 19.6 Å². The van der Waals surface area contributed by atoms with Crippen molar-refractivity contribution in [1.82, 2.24) is 4.90 Å². The molecule has 0 spiro atoms. The lowest BCUT2D eigenvalue weighted by Gasteiger charge is -2.32. The Labute approximate surface area is 168 Å². The van der Waals surface area contributed by atoms with E-state index in [1.807, 2.05) is 9.80 Å². The number of anilines is 2. The van der Waals surface area contributed by atoms with Gasteiger partial charge in [0.2, 0.25) is 0 Å². The van der Waals surface area contributed by atoms with Crippen LogP contribution >= 0.6 is 11.6 Å². The van der Waals surface area contributed by atoms with E-state index in [-0.39, 0.29) is 11.5 Å². The summed E-state index contributed by atoms with van der Waals surface area (Å²) < 4.78 is 5.81. The lowest BCUT2D eigenvalue weighted by Crippen LogP contribution is -2.36. The average molecular weight is 401 g/mol. The molecule has 1 N–H and O–H groups in total. The summed E-state index contributed by atoms with van der Waals surface area (Å²) in [6.07, 6.45) is 3.19. The number of carbonyl (C=O) groups excluding carboxylic acids is 1. The molecule has 2 aromatic rings. The van der Waals surface area contributed by atoms with Gasteiger partial charge in [-0.05, 0) is 55.7 Å². The highest BCUT2D eigenvalue weighted by atomic mass is 35.5. The molecule has 0 bridgehead atoms. The zero-order valence-electron chi connectivity index (χ0n) is 15.4. The van der Waals surface area contributed by atoms with Crippen LogP contribution in [0.5, 0.6) is 5.75 Å². The van der Waals surface area contributed by atoms with Gasteiger partial charge in [0.15, 0.2) is 0 Å². The summed E-state index contributed by atoms with van der Waals surface area (Å²) in [5, 5.41) is 9.48. The summed E-state index contributed by atoms with van der Waals surface area (Å²) in [6, 6.07) is 10.2. The van der Waals surface area contributed by atoms with Crippen molar-refractivity contribution >= 4 is 34.9 Å². The SMILES string of the molecule is O=C(O)c1ccc(N2CCOc3cc(C(=O)N4CCCCC4)c(Cl)cc32)cc1. The fraction of sp³-hybridized carbons (Fsp3) is 0.333. The summed E-state index contributed by atoms with van der Waals surface area (Å²) in [7, 11) is 0. The summed E-state index contributed by atoms with van der Waals surface area (Å²) in [6.45, 7) is 2.59. The number of hydrogen-bond acceptors (Lipinski definition) is 4. The molecule has 1 saturated heterocycles. The van der Waals surface area contributed by atoms with Crippen molar-refractivity contribution < 1.29 is 19.4 Å². The van der Waals surface area contributed by atoms with Gasteiger partial charge in [0.25, 0.3) is 5.91 Å². The average Bonchev–Trinajstić information content (AvgIpc) is 2.73. The highest BCUT2D eigenvalue weighted by molar-refractivity contribution is 6.34. The van der Waals surface area contributed by atoms with E-state index < -0.39 is 5.97 Å². The number of ether oxygens (including phenoxy) is 1. The summed E-state index contributed by atoms with van der Waals surface area (Å²) >= 11 is 6.49. The predicted octanol–water partition coefficient (Wildman–Crippen LogP) is 4.19. The Bertz CT molecular complexity index is 907. The number of nitrogens with zero attached hydrogens (tertiary/aromatic N) is 2. The van der Waals surface area contributed by atoms with Crippen LogP contribution in [0.2, 0.25) is 5.02 Å². The second-order valence-corrected chi connectivity index (χ2v) is 7.41. The first-order valence-corrected chi connectivity index (χ1v) is 9.79. The summed E-state index contributed by atoms with van der Waals surface area (Å²) in [4.78, 5) is 27.8. The van der Waals surface area contributed by atoms with Crippen LogP contribution in [0.4, 0.5) is 11.4 Å². The molecule has 2 aliphatic heterocycles. The number of carboxylic acid groups (broad SMARTS) is 1. The van der Waals surface area contributed by atoms with Crippen molar-refractivity contribution in [3.8, 4) is 5.75 Å². The first-order chi connectivity index (χ1) is 13.5. The highest BCUT2D eigenvalue weighted by Gasteiger charge is 2.26. The van der Waals surface area contributed by atoms with Crippen LogP contribution < -0.4 is 9.64 Å². The molecule has 2 aliphatic rings. The van der Waals surface area contributed by atoms with Crippen molar-refractivity contribution in [2.75, 3.05) is 31.1 Å². The molecule has 0 aromatic heterocycles. The van der Waals surface area contributed by atoms with Gasteiger partial charge in [0.05, 0.1) is 28.4 Å². The Balaban J connectivity index is 1.65. The van der Waals surface area contributed by atoms with Crippen LogP contribution in [0.25, 0.3) is 0 Å². The number of benzene rings is 2. The monoisotopic (exact) mass is 400 g/mol. The molecular formula is C21H21ClN2O4. The van der Waals surface area contributed by atoms with E-state index in [1.165, 1.54) is 0 Å². The molecule has 0 aliphatic carbocycles. The van der Waals surface area contributed by atoms with Crippen molar-refractivity contribution in [2.45, 2.75) is 19.3 Å². The molecule has 28 heavy (non-hydrogen) atoms. The Morgan fingerprint density at radius 3 is 2.39 bits per heavy atom. The standard InChI is InChI=1S/C21H21ClN2O4/c22-17-13-18-19(12-16(17)20(25)23-8-2-1-3-9-23)28-11-10-24(18)15-6-4-14(5-7-15)21(26)27/h4-7,12-13H,1-3,8-11H2,(H,26,27). The third-order valence-corrected chi connectivity index (χ3v) is 5.52. The Morgan fingerprint density at radius 1 is 1.00 bits per heavy atom. The first kappa shape index (κ1) is 18.6. The number of aromatic carboxylic acids is 1. The maximum Gasteiger partial charge on any atom is 0.335 e. The van der Waals surface area contributed by atoms with Gasteiger partial charge in [-0.3, -0.25) is 4.79 Å². The number of amides is 1. The number of carbonyl (C=O) groups is 2. The maximum absolute atomic E-state index is 12.9. The van der Waals surface area contributed by atoms with Crippen molar-refractivity contribution in [3.05, 3.63) is 52.5 Å². The van der Waals surface area contributed by atoms with Crippen LogP contribution in [-0.4, -0.2) is 48.1 Å². The summed E-state index contributed by atoms with van der Waals surface area (Å²) in [5.74, 6) is -0.407. The lowest BCUT2D eigenvalue weighted by atomic mass is 10.1. The Kier molecular flexibility index (Phi) is 5.13. The van der Waals surface area contributed by atoms with E-state index in [9.17, 15) is 9.59 Å². The molecule has 0 unspecified atom stereocenters. The fourth-order valence-electron chi connectivity index (χ4n) is 3.72. The van der Waals surface area contributed by atoms with Crippen LogP contribution in [0.1, 0.15) is 40.0 Å². The molecule has 2 heterocycles. The number of rotatable bonds is 3. The van der Waals surface area contributed by atoms with Crippen LogP contribution in [0, 0.1) is 0 Å². The number of hydrogen-bond donors (Lipinski definition) is 1. The number of fused-ring (bicyclic) bond motifs is 1. The molecule has 0 saturated carbocycles. The van der Waals surface area contributed by atoms with Crippen molar-refractivity contribution in [2.24, 2.45) is 0 Å². The normalized spacial score (nSPS) is 16.3. The van der Waals surface area contributed by atoms with Gasteiger partial charge in [-0.2, -0.15) is 0 Å². The minimum Gasteiger partial charge on any atom is -0.490 e. The second-order valence-electron chi connectivity index (χ2n) is 7.00. The van der Waals surface area contributed by atoms with Crippen molar-refractivity contribution in [1.29, 1.82) is 0 Å². The lowest BCUT2D eigenvalue weighted by molar-refractivity contribution is 0.0694. The molecule has 0 atom stereocenters. The number of likely N-dealkylation sites (tertiary alicyclic amines) is 1. The van der Waals surface area contributed by atoms with Gasteiger partial charge in [0, 0.05) is 18.8 Å². The van der Waals surface area contributed by atoms with E-state index in [1.54, 1.807) is 36.4 Å². The summed E-state index contributed by atoms with van der Waals surface area (Å²) in [5.41, 5.74) is 2.32. The molecule has 4 rings (SSSR count). The fourth-order valence-corrected chi connectivity index (χ4v) is 3.96. The van der Waals surface area contributed by atoms with Gasteiger partial charge in [-0.1, -0.05) is 11.6 Å². The zero-order valence-corrected chi connectivity index (χ0v) is 16.1. The molecule has 0 radical (unpaired) electrons. The minimum atomic E-state index is -0.960. The zero-order chi connectivity index (χ0) is 19.7. The smallest absolute Gasteiger partial charge is 0.335 e. The number of piperidine rings is 1. The molecule has 146 valence electrons. The van der Waals surface area contributed by atoms with Gasteiger partial charge in [0.1, 0.15) is 12.4 Å². The van der Waals surface area contributed by atoms with Crippen LogP contribution in [0.3, 0.4) is 0 Å². The van der Waals surface area contributed by atoms with E-state index in [2.05, 4.69) is 0 Å². The second kappa shape index (κ2) is 7.72. The predicted molar refractivity (Wildman–Crippen MR) is 107 cm³/mol. The minimum absolute atomic E-state index is 0.0564. The number of halogens is 1. The quantitative estimate of drug-likeness (QED) is 0.836. The van der Waals surface area contributed by atoms with Gasteiger partial charge in [-0.25, -0.2) is 4.79 Å². The first-order valence-electron chi connectivity index (χ1n) is 9.41. The molecule has 6 nitrogen and oxygen atoms in total. The van der Waals surface area contributed by atoms with E-state index >= 15 is 0 Å². The van der Waals surface area contributed by atoms with Crippen molar-refractivity contribution in [3.63, 3.8) is 0 Å². The van der Waals surface area contributed by atoms with E-state index in [4.69, 9.17) is 21.4 Å². The van der Waals surface area contributed by atoms with Crippen LogP contribution in [0.15, 0.2) is 36.4 Å².